The highest BCUT2D eigenvalue weighted by atomic mass is 35.5. The summed E-state index contributed by atoms with van der Waals surface area (Å²) in [5.41, 5.74) is 3.51. The van der Waals surface area contributed by atoms with Gasteiger partial charge in [0, 0.05) is 23.1 Å². The van der Waals surface area contributed by atoms with E-state index in [0.717, 1.165) is 5.56 Å². The highest BCUT2D eigenvalue weighted by Crippen LogP contribution is 2.33. The number of hydrogen-bond donors (Lipinski definition) is 1. The van der Waals surface area contributed by atoms with Gasteiger partial charge < -0.3 is 26.8 Å². The third-order valence-corrected chi connectivity index (χ3v) is 3.86. The van der Waals surface area contributed by atoms with Gasteiger partial charge in [0.05, 0.1) is 5.56 Å². The van der Waals surface area contributed by atoms with Gasteiger partial charge in [0.1, 0.15) is 17.6 Å². The van der Waals surface area contributed by atoms with Crippen LogP contribution in [0.2, 0.25) is 0 Å². The standard InChI is InChI=1S/C19H19NO3.ClH/c1-12-4-6-13(7-5-12)19(22)15-11-23-17-9-8-16(21)14(18(15)17)10-20(2)3;/h4-9,11,21H,10H2,1-3H3;1H/p-1. The van der Waals surface area contributed by atoms with Crippen LogP contribution >= 0.6 is 0 Å². The van der Waals surface area contributed by atoms with Crippen molar-refractivity contribution >= 4 is 16.8 Å². The van der Waals surface area contributed by atoms with Crippen LogP contribution in [-0.4, -0.2) is 29.9 Å². The fourth-order valence-electron chi connectivity index (χ4n) is 2.69. The molecule has 0 aliphatic rings. The molecule has 0 saturated heterocycles. The number of benzene rings is 2. The van der Waals surface area contributed by atoms with Gasteiger partial charge >= 0.3 is 0 Å². The van der Waals surface area contributed by atoms with Crippen LogP contribution in [0.4, 0.5) is 0 Å². The van der Waals surface area contributed by atoms with Gasteiger partial charge in [0.25, 0.3) is 0 Å². The molecule has 4 nitrogen and oxygen atoms in total. The summed E-state index contributed by atoms with van der Waals surface area (Å²) in [5, 5.41) is 10.9. The molecular formula is C19H19ClNO3-. The number of hydrogen-bond acceptors (Lipinski definition) is 4. The minimum absolute atomic E-state index is 0. The Morgan fingerprint density at radius 2 is 1.79 bits per heavy atom. The fraction of sp³-hybridized carbons (Fsp3) is 0.211. The van der Waals surface area contributed by atoms with Gasteiger partial charge in [-0.25, -0.2) is 0 Å². The maximum atomic E-state index is 12.8. The summed E-state index contributed by atoms with van der Waals surface area (Å²) in [5.74, 6) is 0.0694. The van der Waals surface area contributed by atoms with Gasteiger partial charge in [-0.1, -0.05) is 29.8 Å². The Bertz CT molecular complexity index is 866. The quantitative estimate of drug-likeness (QED) is 0.709. The van der Waals surface area contributed by atoms with Crippen molar-refractivity contribution < 1.29 is 26.7 Å². The fourth-order valence-corrected chi connectivity index (χ4v) is 2.69. The number of phenolic OH excluding ortho intramolecular Hbond substituents is 1. The van der Waals surface area contributed by atoms with Crippen LogP contribution < -0.4 is 12.4 Å². The van der Waals surface area contributed by atoms with Gasteiger partial charge in [-0.15, -0.1) is 0 Å². The molecule has 0 aliphatic heterocycles. The van der Waals surface area contributed by atoms with Crippen LogP contribution in [0.5, 0.6) is 5.75 Å². The second kappa shape index (κ2) is 7.07. The van der Waals surface area contributed by atoms with E-state index in [4.69, 9.17) is 4.42 Å². The molecule has 0 amide bonds. The summed E-state index contributed by atoms with van der Waals surface area (Å²) in [4.78, 5) is 14.8. The first-order valence-corrected chi connectivity index (χ1v) is 7.45. The third kappa shape index (κ3) is 3.30. The second-order valence-electron chi connectivity index (χ2n) is 6.02. The minimum Gasteiger partial charge on any atom is -1.00 e. The van der Waals surface area contributed by atoms with Crippen LogP contribution in [0.1, 0.15) is 27.0 Å². The number of phenols is 1. The Morgan fingerprint density at radius 1 is 1.12 bits per heavy atom. The van der Waals surface area contributed by atoms with E-state index in [9.17, 15) is 9.90 Å². The van der Waals surface area contributed by atoms with Crippen molar-refractivity contribution in [2.24, 2.45) is 0 Å². The van der Waals surface area contributed by atoms with E-state index < -0.39 is 0 Å². The molecule has 3 rings (SSSR count). The lowest BCUT2D eigenvalue weighted by Crippen LogP contribution is -3.00. The first-order valence-electron chi connectivity index (χ1n) is 7.45. The highest BCUT2D eigenvalue weighted by molar-refractivity contribution is 6.16. The summed E-state index contributed by atoms with van der Waals surface area (Å²) in [6.45, 7) is 2.51. The maximum absolute atomic E-state index is 12.8. The smallest absolute Gasteiger partial charge is 0.196 e. The zero-order chi connectivity index (χ0) is 16.6. The first-order chi connectivity index (χ1) is 11.0. The van der Waals surface area contributed by atoms with Crippen LogP contribution in [0.15, 0.2) is 47.1 Å². The SMILES string of the molecule is Cc1ccc(C(=O)c2coc3ccc(O)c(CN(C)C)c23)cc1.[Cl-]. The highest BCUT2D eigenvalue weighted by Gasteiger charge is 2.20. The Morgan fingerprint density at radius 3 is 2.42 bits per heavy atom. The lowest BCUT2D eigenvalue weighted by molar-refractivity contribution is -0.0000136. The average Bonchev–Trinajstić information content (AvgIpc) is 2.94. The van der Waals surface area contributed by atoms with Gasteiger partial charge in [0.15, 0.2) is 5.78 Å². The Hall–Kier alpha value is -2.30. The van der Waals surface area contributed by atoms with E-state index in [2.05, 4.69) is 0 Å². The van der Waals surface area contributed by atoms with Crippen molar-refractivity contribution in [3.8, 4) is 5.75 Å². The average molecular weight is 345 g/mol. The predicted molar refractivity (Wildman–Crippen MR) is 89.9 cm³/mol. The zero-order valence-electron chi connectivity index (χ0n) is 13.8. The lowest BCUT2D eigenvalue weighted by atomic mass is 9.98. The van der Waals surface area contributed by atoms with E-state index in [-0.39, 0.29) is 23.9 Å². The number of fused-ring (bicyclic) bond motifs is 1. The van der Waals surface area contributed by atoms with Crippen LogP contribution in [0.3, 0.4) is 0 Å². The number of halogens is 1. The molecule has 0 unspecified atom stereocenters. The van der Waals surface area contributed by atoms with Gasteiger partial charge in [-0.3, -0.25) is 4.79 Å². The van der Waals surface area contributed by atoms with Crippen molar-refractivity contribution in [3.05, 3.63) is 64.9 Å². The molecule has 1 N–H and O–H groups in total. The van der Waals surface area contributed by atoms with E-state index in [1.807, 2.05) is 50.2 Å². The van der Waals surface area contributed by atoms with Crippen molar-refractivity contribution in [1.29, 1.82) is 0 Å². The summed E-state index contributed by atoms with van der Waals surface area (Å²) < 4.78 is 5.54. The van der Waals surface area contributed by atoms with Gasteiger partial charge in [-0.2, -0.15) is 0 Å². The molecule has 0 aliphatic carbocycles. The number of carbonyl (C=O) groups is 1. The Balaban J connectivity index is 0.00000208. The summed E-state index contributed by atoms with van der Waals surface area (Å²) in [6, 6.07) is 10.7. The molecule has 0 radical (unpaired) electrons. The molecule has 0 fully saturated rings. The number of nitrogens with zero attached hydrogens (tertiary/aromatic N) is 1. The zero-order valence-corrected chi connectivity index (χ0v) is 14.6. The number of ketones is 1. The molecule has 0 atom stereocenters. The number of aromatic hydroxyl groups is 1. The summed E-state index contributed by atoms with van der Waals surface area (Å²) in [7, 11) is 3.83. The lowest BCUT2D eigenvalue weighted by Gasteiger charge is -2.13. The minimum atomic E-state index is -0.102. The molecule has 5 heteroatoms. The molecular weight excluding hydrogens is 326 g/mol. The van der Waals surface area contributed by atoms with Gasteiger partial charge in [-0.05, 0) is 33.2 Å². The topological polar surface area (TPSA) is 53.7 Å². The van der Waals surface area contributed by atoms with Crippen molar-refractivity contribution in [2.45, 2.75) is 13.5 Å². The molecule has 0 spiro atoms. The largest absolute Gasteiger partial charge is 1.00 e. The summed E-state index contributed by atoms with van der Waals surface area (Å²) >= 11 is 0. The van der Waals surface area contributed by atoms with Crippen LogP contribution in [0.25, 0.3) is 11.0 Å². The van der Waals surface area contributed by atoms with Crippen molar-refractivity contribution in [2.75, 3.05) is 14.1 Å². The first kappa shape index (κ1) is 18.0. The van der Waals surface area contributed by atoms with Crippen LogP contribution in [-0.2, 0) is 6.54 Å². The van der Waals surface area contributed by atoms with E-state index in [1.165, 1.54) is 6.26 Å². The van der Waals surface area contributed by atoms with Crippen LogP contribution in [0, 0.1) is 6.92 Å². The molecule has 24 heavy (non-hydrogen) atoms. The van der Waals surface area contributed by atoms with Crippen molar-refractivity contribution in [1.82, 2.24) is 4.90 Å². The third-order valence-electron chi connectivity index (χ3n) is 3.86. The number of aryl methyl sites for hydroxylation is 1. The molecule has 126 valence electrons. The van der Waals surface area contributed by atoms with E-state index >= 15 is 0 Å². The van der Waals surface area contributed by atoms with E-state index in [1.54, 1.807) is 12.1 Å². The number of rotatable bonds is 4. The number of carbonyl (C=O) groups excluding carboxylic acids is 1. The molecule has 2 aromatic carbocycles. The second-order valence-corrected chi connectivity index (χ2v) is 6.02. The Labute approximate surface area is 147 Å². The normalized spacial score (nSPS) is 10.8. The Kier molecular flexibility index (Phi) is 5.32. The van der Waals surface area contributed by atoms with E-state index in [0.29, 0.717) is 34.2 Å². The summed E-state index contributed by atoms with van der Waals surface area (Å²) in [6.07, 6.45) is 1.48. The number of furan rings is 1. The van der Waals surface area contributed by atoms with Crippen molar-refractivity contribution in [3.63, 3.8) is 0 Å². The predicted octanol–water partition coefficient (Wildman–Crippen LogP) is 0.743. The molecule has 1 heterocycles. The molecule has 0 saturated carbocycles. The van der Waals surface area contributed by atoms with Gasteiger partial charge in [0.2, 0.25) is 0 Å². The molecule has 1 aromatic heterocycles. The molecule has 0 bridgehead atoms. The monoisotopic (exact) mass is 344 g/mol. The maximum Gasteiger partial charge on any atom is 0.196 e. The molecule has 3 aromatic rings.